The molecule has 192 valence electrons. The summed E-state index contributed by atoms with van der Waals surface area (Å²) in [6.07, 6.45) is 14.6. The summed E-state index contributed by atoms with van der Waals surface area (Å²) in [5.74, 6) is 1.09. The van der Waals surface area contributed by atoms with E-state index in [1.54, 1.807) is 0 Å². The van der Waals surface area contributed by atoms with Crippen molar-refractivity contribution in [3.05, 3.63) is 71.4 Å². The van der Waals surface area contributed by atoms with Gasteiger partial charge in [-0.05, 0) is 80.9 Å². The molecule has 0 radical (unpaired) electrons. The fourth-order valence-corrected chi connectivity index (χ4v) is 6.59. The third kappa shape index (κ3) is 6.21. The van der Waals surface area contributed by atoms with Gasteiger partial charge >= 0.3 is 0 Å². The molecule has 5 rings (SSSR count). The summed E-state index contributed by atoms with van der Waals surface area (Å²) in [6, 6.07) is 18.1. The van der Waals surface area contributed by atoms with Crippen LogP contribution in [0.5, 0.6) is 0 Å². The Balaban J connectivity index is 1.41. The number of fused-ring (bicyclic) bond motifs is 1. The van der Waals surface area contributed by atoms with E-state index in [2.05, 4.69) is 71.5 Å². The largest absolute Gasteiger partial charge is 0.353 e. The number of aryl methyl sites for hydroxylation is 1. The fourth-order valence-electron chi connectivity index (χ4n) is 6.59. The number of aromatic nitrogens is 1. The van der Waals surface area contributed by atoms with Gasteiger partial charge in [0.25, 0.3) is 0 Å². The van der Waals surface area contributed by atoms with Gasteiger partial charge in [-0.3, -0.25) is 4.79 Å². The first-order valence-electron chi connectivity index (χ1n) is 14.2. The number of carbonyl (C=O) groups is 1. The Labute approximate surface area is 216 Å². The number of nitrogens with one attached hydrogen (secondary N) is 1. The number of carbonyl (C=O) groups excluding carboxylic acids is 1. The average molecular weight is 486 g/mol. The summed E-state index contributed by atoms with van der Waals surface area (Å²) in [5.41, 5.74) is 11.3. The van der Waals surface area contributed by atoms with Crippen molar-refractivity contribution in [2.45, 2.75) is 102 Å². The molecule has 1 amide bonds. The minimum Gasteiger partial charge on any atom is -0.353 e. The van der Waals surface area contributed by atoms with Crippen LogP contribution in [0.1, 0.15) is 86.8 Å². The lowest BCUT2D eigenvalue weighted by Gasteiger charge is -2.27. The lowest BCUT2D eigenvalue weighted by molar-refractivity contribution is -0.122. The topological polar surface area (TPSA) is 60.1 Å². The quantitative estimate of drug-likeness (QED) is 0.376. The molecule has 0 aliphatic heterocycles. The highest BCUT2D eigenvalue weighted by atomic mass is 16.1. The molecule has 2 aromatic carbocycles. The molecule has 0 saturated heterocycles. The minimum atomic E-state index is 0.148. The Bertz CT molecular complexity index is 1150. The number of nitrogens with zero attached hydrogens (tertiary/aromatic N) is 1. The molecule has 4 nitrogen and oxygen atoms in total. The second-order valence-electron chi connectivity index (χ2n) is 11.5. The summed E-state index contributed by atoms with van der Waals surface area (Å²) in [7, 11) is 0. The normalized spacial score (nSPS) is 21.9. The summed E-state index contributed by atoms with van der Waals surface area (Å²) in [5, 5.41) is 4.66. The highest BCUT2D eigenvalue weighted by Gasteiger charge is 2.25. The van der Waals surface area contributed by atoms with E-state index in [1.807, 2.05) is 0 Å². The Kier molecular flexibility index (Phi) is 8.11. The van der Waals surface area contributed by atoms with Gasteiger partial charge in [0.05, 0.1) is 0 Å². The van der Waals surface area contributed by atoms with Crippen LogP contribution < -0.4 is 11.1 Å². The minimum absolute atomic E-state index is 0.148. The Morgan fingerprint density at radius 1 is 1.00 bits per heavy atom. The maximum Gasteiger partial charge on any atom is 0.220 e. The van der Waals surface area contributed by atoms with Gasteiger partial charge in [0.15, 0.2) is 0 Å². The van der Waals surface area contributed by atoms with Crippen molar-refractivity contribution in [2.24, 2.45) is 11.7 Å². The van der Waals surface area contributed by atoms with Crippen molar-refractivity contribution in [1.82, 2.24) is 9.88 Å². The Morgan fingerprint density at radius 3 is 2.56 bits per heavy atom. The lowest BCUT2D eigenvalue weighted by Crippen LogP contribution is -2.40. The van der Waals surface area contributed by atoms with E-state index in [9.17, 15) is 4.79 Å². The highest BCUT2D eigenvalue weighted by molar-refractivity contribution is 5.86. The molecule has 2 aliphatic carbocycles. The van der Waals surface area contributed by atoms with Crippen LogP contribution in [0.4, 0.5) is 0 Å². The second-order valence-corrected chi connectivity index (χ2v) is 11.5. The van der Waals surface area contributed by atoms with Gasteiger partial charge in [0.2, 0.25) is 5.91 Å². The smallest absolute Gasteiger partial charge is 0.220 e. The number of amides is 1. The molecule has 3 aromatic rings. The van der Waals surface area contributed by atoms with Gasteiger partial charge in [-0.25, -0.2) is 0 Å². The molecule has 1 aromatic heterocycles. The first-order chi connectivity index (χ1) is 17.5. The van der Waals surface area contributed by atoms with E-state index in [-0.39, 0.29) is 17.9 Å². The van der Waals surface area contributed by atoms with Crippen molar-refractivity contribution in [2.75, 3.05) is 0 Å². The van der Waals surface area contributed by atoms with E-state index in [1.165, 1.54) is 59.7 Å². The van der Waals surface area contributed by atoms with Crippen LogP contribution in [-0.4, -0.2) is 22.6 Å². The third-order valence-electron chi connectivity index (χ3n) is 8.57. The molecule has 1 heterocycles. The number of nitrogens with two attached hydrogens (primary N) is 1. The van der Waals surface area contributed by atoms with Crippen LogP contribution in [0, 0.1) is 12.8 Å². The van der Waals surface area contributed by atoms with Crippen molar-refractivity contribution in [3.8, 4) is 0 Å². The van der Waals surface area contributed by atoms with E-state index in [4.69, 9.17) is 5.73 Å². The van der Waals surface area contributed by atoms with Crippen molar-refractivity contribution in [1.29, 1.82) is 0 Å². The predicted molar refractivity (Wildman–Crippen MR) is 149 cm³/mol. The first-order valence-corrected chi connectivity index (χ1v) is 14.2. The van der Waals surface area contributed by atoms with E-state index >= 15 is 0 Å². The van der Waals surface area contributed by atoms with Crippen LogP contribution >= 0.6 is 0 Å². The Hall–Kier alpha value is -2.59. The molecule has 2 saturated carbocycles. The number of rotatable bonds is 8. The zero-order chi connectivity index (χ0) is 24.9. The van der Waals surface area contributed by atoms with Gasteiger partial charge in [0.1, 0.15) is 0 Å². The van der Waals surface area contributed by atoms with Crippen LogP contribution in [0.25, 0.3) is 10.9 Å². The standard InChI is InChI=1S/C32H43N3O/c1-23-8-7-11-25(18-23)19-26(20-32(36)34-28-16-14-27(33)15-17-28)30-22-35(21-24-9-3-2-4-10-24)31-13-6-5-12-29(30)31/h5-8,11-13,18,22,24,26-28H,2-4,9-10,14-17,19-21,33H2,1H3,(H,34,36). The number of benzene rings is 2. The molecular weight excluding hydrogens is 442 g/mol. The number of hydrogen-bond donors (Lipinski definition) is 2. The van der Waals surface area contributed by atoms with Crippen molar-refractivity contribution < 1.29 is 4.79 Å². The van der Waals surface area contributed by atoms with Gasteiger partial charge in [0, 0.05) is 42.1 Å². The van der Waals surface area contributed by atoms with Crippen LogP contribution in [0.15, 0.2) is 54.7 Å². The average Bonchev–Trinajstić information content (AvgIpc) is 3.24. The van der Waals surface area contributed by atoms with E-state index < -0.39 is 0 Å². The lowest BCUT2D eigenvalue weighted by atomic mass is 9.87. The number of hydrogen-bond acceptors (Lipinski definition) is 2. The summed E-state index contributed by atoms with van der Waals surface area (Å²) in [6.45, 7) is 3.24. The third-order valence-corrected chi connectivity index (χ3v) is 8.57. The molecule has 1 unspecified atom stereocenters. The molecule has 2 fully saturated rings. The molecule has 0 bridgehead atoms. The van der Waals surface area contributed by atoms with Crippen LogP contribution in [0.3, 0.4) is 0 Å². The first kappa shape index (κ1) is 25.1. The van der Waals surface area contributed by atoms with Gasteiger partial charge in [-0.1, -0.05) is 67.3 Å². The fraction of sp³-hybridized carbons (Fsp3) is 0.531. The zero-order valence-electron chi connectivity index (χ0n) is 21.9. The molecule has 4 heteroatoms. The van der Waals surface area contributed by atoms with E-state index in [0.29, 0.717) is 12.5 Å². The Morgan fingerprint density at radius 2 is 1.78 bits per heavy atom. The molecule has 0 spiro atoms. The SMILES string of the molecule is Cc1cccc(CC(CC(=O)NC2CCC(N)CC2)c2cn(CC3CCCCC3)c3ccccc23)c1. The van der Waals surface area contributed by atoms with Gasteiger partial charge < -0.3 is 15.6 Å². The summed E-state index contributed by atoms with van der Waals surface area (Å²) in [4.78, 5) is 13.3. The van der Waals surface area contributed by atoms with E-state index in [0.717, 1.165) is 44.6 Å². The van der Waals surface area contributed by atoms with Crippen LogP contribution in [-0.2, 0) is 17.8 Å². The second kappa shape index (κ2) is 11.6. The van der Waals surface area contributed by atoms with Gasteiger partial charge in [-0.2, -0.15) is 0 Å². The maximum absolute atomic E-state index is 13.3. The zero-order valence-corrected chi connectivity index (χ0v) is 21.9. The molecule has 1 atom stereocenters. The highest BCUT2D eigenvalue weighted by Crippen LogP contribution is 2.35. The van der Waals surface area contributed by atoms with Crippen LogP contribution in [0.2, 0.25) is 0 Å². The number of para-hydroxylation sites is 1. The predicted octanol–water partition coefficient (Wildman–Crippen LogP) is 6.63. The van der Waals surface area contributed by atoms with Crippen molar-refractivity contribution in [3.63, 3.8) is 0 Å². The summed E-state index contributed by atoms with van der Waals surface area (Å²) < 4.78 is 2.49. The van der Waals surface area contributed by atoms with Gasteiger partial charge in [-0.15, -0.1) is 0 Å². The van der Waals surface area contributed by atoms with Crippen molar-refractivity contribution >= 4 is 16.8 Å². The molecule has 36 heavy (non-hydrogen) atoms. The molecular formula is C32H43N3O. The summed E-state index contributed by atoms with van der Waals surface area (Å²) >= 11 is 0. The molecule has 2 aliphatic rings. The molecule has 3 N–H and O–H groups in total. The maximum atomic E-state index is 13.3. The monoisotopic (exact) mass is 485 g/mol.